The lowest BCUT2D eigenvalue weighted by Gasteiger charge is -2.24. The first-order valence-electron chi connectivity index (χ1n) is 31.4. The normalized spacial score (nSPS) is 13.1. The van der Waals surface area contributed by atoms with E-state index in [2.05, 4.69) is 38.2 Å². The molecule has 0 bridgehead atoms. The number of ether oxygens (including phenoxy) is 1. The van der Waals surface area contributed by atoms with Crippen LogP contribution in [0.2, 0.25) is 0 Å². The summed E-state index contributed by atoms with van der Waals surface area (Å²) in [7, 11) is 0. The zero-order valence-corrected chi connectivity index (χ0v) is 47.0. The number of hydrogen-bond acceptors (Lipinski definition) is 5. The third-order valence-corrected chi connectivity index (χ3v) is 14.8. The maximum Gasteiger partial charge on any atom is 0.306 e. The van der Waals surface area contributed by atoms with Crippen molar-refractivity contribution in [2.24, 2.45) is 0 Å². The SMILES string of the molecule is CCCCCCCCCCC/C=C/CCCCCC(CC(=O)NC(CO)C(O)CCCCCCCCCCCCCCCCCCC)OC(=O)CCCCCCCCCCCCCCCCCCC. The highest BCUT2D eigenvalue weighted by atomic mass is 16.5. The van der Waals surface area contributed by atoms with E-state index in [-0.39, 0.29) is 24.9 Å². The number of carbonyl (C=O) groups excluding carboxylic acids is 2. The molecular formula is C63H123NO5. The number of carbonyl (C=O) groups is 2. The molecule has 6 nitrogen and oxygen atoms in total. The number of aliphatic hydroxyl groups excluding tert-OH is 2. The maximum absolute atomic E-state index is 13.3. The number of amides is 1. The first-order chi connectivity index (χ1) is 34.0. The van der Waals surface area contributed by atoms with Crippen molar-refractivity contribution in [1.29, 1.82) is 0 Å². The van der Waals surface area contributed by atoms with Crippen LogP contribution in [0.4, 0.5) is 0 Å². The summed E-state index contributed by atoms with van der Waals surface area (Å²) >= 11 is 0. The van der Waals surface area contributed by atoms with E-state index in [0.29, 0.717) is 19.3 Å². The number of unbranched alkanes of at least 4 members (excludes halogenated alkanes) is 44. The second-order valence-corrected chi connectivity index (χ2v) is 21.8. The molecule has 69 heavy (non-hydrogen) atoms. The molecule has 0 fully saturated rings. The van der Waals surface area contributed by atoms with Crippen LogP contribution in [0.1, 0.15) is 355 Å². The number of hydrogen-bond donors (Lipinski definition) is 3. The molecule has 0 rings (SSSR count). The third-order valence-electron chi connectivity index (χ3n) is 14.8. The number of allylic oxidation sites excluding steroid dienone is 2. The largest absolute Gasteiger partial charge is 0.462 e. The fourth-order valence-electron chi connectivity index (χ4n) is 10.1. The van der Waals surface area contributed by atoms with Gasteiger partial charge in [-0.1, -0.05) is 303 Å². The van der Waals surface area contributed by atoms with E-state index in [0.717, 1.165) is 57.8 Å². The molecular weight excluding hydrogens is 851 g/mol. The Balaban J connectivity index is 4.49. The predicted octanol–water partition coefficient (Wildman–Crippen LogP) is 19.6. The molecule has 0 heterocycles. The van der Waals surface area contributed by atoms with Crippen molar-refractivity contribution in [1.82, 2.24) is 5.32 Å². The van der Waals surface area contributed by atoms with E-state index in [9.17, 15) is 19.8 Å². The van der Waals surface area contributed by atoms with Gasteiger partial charge in [-0.15, -0.1) is 0 Å². The molecule has 0 aromatic heterocycles. The number of aliphatic hydroxyl groups is 2. The Morgan fingerprint density at radius 1 is 0.406 bits per heavy atom. The van der Waals surface area contributed by atoms with E-state index in [1.807, 2.05) is 0 Å². The minimum Gasteiger partial charge on any atom is -0.462 e. The van der Waals surface area contributed by atoms with Gasteiger partial charge in [0, 0.05) is 6.42 Å². The lowest BCUT2D eigenvalue weighted by atomic mass is 10.0. The van der Waals surface area contributed by atoms with Crippen LogP contribution >= 0.6 is 0 Å². The first kappa shape index (κ1) is 67.6. The summed E-state index contributed by atoms with van der Waals surface area (Å²) in [5, 5.41) is 24.0. The average molecular weight is 975 g/mol. The van der Waals surface area contributed by atoms with Crippen molar-refractivity contribution < 1.29 is 24.5 Å². The Morgan fingerprint density at radius 3 is 1.04 bits per heavy atom. The zero-order chi connectivity index (χ0) is 50.2. The van der Waals surface area contributed by atoms with Crippen molar-refractivity contribution in [2.45, 2.75) is 373 Å². The molecule has 0 aromatic carbocycles. The summed E-state index contributed by atoms with van der Waals surface area (Å²) in [5.74, 6) is -0.462. The summed E-state index contributed by atoms with van der Waals surface area (Å²) in [4.78, 5) is 26.4. The van der Waals surface area contributed by atoms with E-state index < -0.39 is 18.2 Å². The van der Waals surface area contributed by atoms with Crippen LogP contribution in [0.3, 0.4) is 0 Å². The zero-order valence-electron chi connectivity index (χ0n) is 47.0. The number of esters is 1. The van der Waals surface area contributed by atoms with Gasteiger partial charge in [-0.05, 0) is 51.4 Å². The van der Waals surface area contributed by atoms with Crippen molar-refractivity contribution in [2.75, 3.05) is 6.61 Å². The molecule has 1 amide bonds. The lowest BCUT2D eigenvalue weighted by molar-refractivity contribution is -0.151. The molecule has 0 saturated carbocycles. The summed E-state index contributed by atoms with van der Waals surface area (Å²) in [6.07, 6.45) is 67.2. The van der Waals surface area contributed by atoms with Crippen LogP contribution in [0.15, 0.2) is 12.2 Å². The Hall–Kier alpha value is -1.40. The van der Waals surface area contributed by atoms with Crippen LogP contribution in [-0.4, -0.2) is 46.9 Å². The lowest BCUT2D eigenvalue weighted by Crippen LogP contribution is -2.46. The van der Waals surface area contributed by atoms with Crippen LogP contribution in [0, 0.1) is 0 Å². The third kappa shape index (κ3) is 52.7. The van der Waals surface area contributed by atoms with Gasteiger partial charge < -0.3 is 20.3 Å². The maximum atomic E-state index is 13.3. The van der Waals surface area contributed by atoms with Crippen LogP contribution in [0.5, 0.6) is 0 Å². The van der Waals surface area contributed by atoms with Gasteiger partial charge in [0.15, 0.2) is 0 Å². The van der Waals surface area contributed by atoms with Crippen molar-refractivity contribution >= 4 is 11.9 Å². The molecule has 3 N–H and O–H groups in total. The van der Waals surface area contributed by atoms with Crippen LogP contribution in [0.25, 0.3) is 0 Å². The smallest absolute Gasteiger partial charge is 0.306 e. The molecule has 410 valence electrons. The van der Waals surface area contributed by atoms with Gasteiger partial charge in [-0.3, -0.25) is 9.59 Å². The molecule has 0 saturated heterocycles. The van der Waals surface area contributed by atoms with Crippen LogP contribution < -0.4 is 5.32 Å². The van der Waals surface area contributed by atoms with Crippen LogP contribution in [-0.2, 0) is 14.3 Å². The van der Waals surface area contributed by atoms with Gasteiger partial charge in [0.05, 0.1) is 25.2 Å². The quantitative estimate of drug-likeness (QED) is 0.0321. The Labute approximate surface area is 431 Å². The molecule has 0 radical (unpaired) electrons. The molecule has 0 spiro atoms. The van der Waals surface area contributed by atoms with Crippen molar-refractivity contribution in [3.63, 3.8) is 0 Å². The highest BCUT2D eigenvalue weighted by Crippen LogP contribution is 2.19. The van der Waals surface area contributed by atoms with Gasteiger partial charge in [-0.2, -0.15) is 0 Å². The summed E-state index contributed by atoms with van der Waals surface area (Å²) in [6, 6.07) is -0.702. The van der Waals surface area contributed by atoms with E-state index in [1.165, 1.54) is 250 Å². The molecule has 3 atom stereocenters. The average Bonchev–Trinajstić information content (AvgIpc) is 3.34. The summed E-state index contributed by atoms with van der Waals surface area (Å²) < 4.78 is 5.98. The topological polar surface area (TPSA) is 95.9 Å². The Bertz CT molecular complexity index is 1050. The van der Waals surface area contributed by atoms with Gasteiger partial charge >= 0.3 is 5.97 Å². The van der Waals surface area contributed by atoms with Gasteiger partial charge in [0.1, 0.15) is 6.10 Å². The number of rotatable bonds is 58. The summed E-state index contributed by atoms with van der Waals surface area (Å²) in [6.45, 7) is 6.54. The fourth-order valence-corrected chi connectivity index (χ4v) is 10.1. The van der Waals surface area contributed by atoms with Crippen molar-refractivity contribution in [3.05, 3.63) is 12.2 Å². The minimum absolute atomic E-state index is 0.0752. The standard InChI is InChI=1S/C63H123NO5/c1-4-7-10-13-16-19-22-25-28-31-34-37-40-43-46-49-52-55-61(66)60(58-65)64-62(67)57-59(54-51-48-45-42-39-36-33-30-27-24-21-18-15-12-9-6-3)69-63(68)56-53-50-47-44-41-38-35-32-29-26-23-20-17-14-11-8-5-2/h36,39,59-61,65-66H,4-35,37-38,40-58H2,1-3H3,(H,64,67)/b39-36+. The molecule has 0 aromatic rings. The molecule has 0 aliphatic rings. The van der Waals surface area contributed by atoms with Gasteiger partial charge in [-0.25, -0.2) is 0 Å². The Kier molecular flexibility index (Phi) is 56.3. The second kappa shape index (κ2) is 57.5. The number of nitrogens with one attached hydrogen (secondary N) is 1. The van der Waals surface area contributed by atoms with Gasteiger partial charge in [0.2, 0.25) is 5.91 Å². The fraction of sp³-hybridized carbons (Fsp3) is 0.937. The van der Waals surface area contributed by atoms with E-state index in [1.54, 1.807) is 0 Å². The highest BCUT2D eigenvalue weighted by molar-refractivity contribution is 5.77. The first-order valence-corrected chi connectivity index (χ1v) is 31.4. The van der Waals surface area contributed by atoms with E-state index >= 15 is 0 Å². The summed E-state index contributed by atoms with van der Waals surface area (Å²) in [5.41, 5.74) is 0. The highest BCUT2D eigenvalue weighted by Gasteiger charge is 2.24. The van der Waals surface area contributed by atoms with Gasteiger partial charge in [0.25, 0.3) is 0 Å². The molecule has 3 unspecified atom stereocenters. The Morgan fingerprint density at radius 2 is 0.696 bits per heavy atom. The predicted molar refractivity (Wildman–Crippen MR) is 301 cm³/mol. The monoisotopic (exact) mass is 974 g/mol. The molecule has 0 aliphatic heterocycles. The molecule has 0 aliphatic carbocycles. The minimum atomic E-state index is -0.788. The second-order valence-electron chi connectivity index (χ2n) is 21.8. The molecule has 6 heteroatoms. The van der Waals surface area contributed by atoms with E-state index in [4.69, 9.17) is 4.74 Å². The van der Waals surface area contributed by atoms with Crippen molar-refractivity contribution in [3.8, 4) is 0 Å².